The minimum absolute atomic E-state index is 0.0148. The number of ether oxygens (including phenoxy) is 1. The normalized spacial score (nSPS) is 19.8. The quantitative estimate of drug-likeness (QED) is 0.403. The van der Waals surface area contributed by atoms with Gasteiger partial charge >= 0.3 is 0 Å². The molecule has 2 aliphatic rings. The maximum absolute atomic E-state index is 14.6. The van der Waals surface area contributed by atoms with Crippen LogP contribution in [0.25, 0.3) is 10.8 Å². The summed E-state index contributed by atoms with van der Waals surface area (Å²) in [4.78, 5) is 0. The highest BCUT2D eigenvalue weighted by Crippen LogP contribution is 2.47. The number of nitrogens with zero attached hydrogens (tertiary/aromatic N) is 2. The third-order valence-electron chi connectivity index (χ3n) is 5.95. The van der Waals surface area contributed by atoms with Crippen molar-refractivity contribution < 1.29 is 9.13 Å². The van der Waals surface area contributed by atoms with E-state index in [4.69, 9.17) is 9.84 Å². The third kappa shape index (κ3) is 2.68. The van der Waals surface area contributed by atoms with E-state index in [1.807, 2.05) is 41.4 Å². The molecule has 4 heteroatoms. The van der Waals surface area contributed by atoms with E-state index < -0.39 is 6.23 Å². The fourth-order valence-corrected chi connectivity index (χ4v) is 4.46. The van der Waals surface area contributed by atoms with E-state index in [0.29, 0.717) is 5.56 Å². The minimum atomic E-state index is -0.593. The van der Waals surface area contributed by atoms with E-state index in [9.17, 15) is 4.39 Å². The molecule has 0 aromatic heterocycles. The summed E-state index contributed by atoms with van der Waals surface area (Å²) in [7, 11) is 0. The van der Waals surface area contributed by atoms with Gasteiger partial charge in [-0.05, 0) is 34.5 Å². The van der Waals surface area contributed by atoms with E-state index in [1.54, 1.807) is 12.1 Å². The summed E-state index contributed by atoms with van der Waals surface area (Å²) < 4.78 is 20.9. The van der Waals surface area contributed by atoms with Crippen LogP contribution in [0, 0.1) is 5.82 Å². The maximum atomic E-state index is 14.6. The standard InChI is InChI=1S/C26H19FN2O/c27-22-11-5-3-9-20(22)26-29-24(21-10-4-6-12-25(21)30-26)16-23(28-29)19-14-13-17-7-1-2-8-18(17)15-19/h1-15,24,26H,16H2. The molecule has 2 heterocycles. The molecule has 2 atom stereocenters. The number of hydrazone groups is 1. The molecule has 30 heavy (non-hydrogen) atoms. The summed E-state index contributed by atoms with van der Waals surface area (Å²) in [5.74, 6) is 0.511. The predicted molar refractivity (Wildman–Crippen MR) is 116 cm³/mol. The molecule has 2 unspecified atom stereocenters. The molecule has 0 bridgehead atoms. The molecular formula is C26H19FN2O. The summed E-state index contributed by atoms with van der Waals surface area (Å²) in [5.41, 5.74) is 3.67. The molecule has 0 saturated carbocycles. The number of halogens is 1. The Hall–Kier alpha value is -3.66. The summed E-state index contributed by atoms with van der Waals surface area (Å²) >= 11 is 0. The third-order valence-corrected chi connectivity index (χ3v) is 5.95. The molecular weight excluding hydrogens is 375 g/mol. The molecule has 4 aromatic carbocycles. The highest BCUT2D eigenvalue weighted by molar-refractivity contribution is 6.04. The minimum Gasteiger partial charge on any atom is -0.464 e. The number of rotatable bonds is 2. The van der Waals surface area contributed by atoms with Crippen molar-refractivity contribution in [3.63, 3.8) is 0 Å². The molecule has 2 aliphatic heterocycles. The van der Waals surface area contributed by atoms with Crippen LogP contribution in [0.5, 0.6) is 5.75 Å². The first-order valence-corrected chi connectivity index (χ1v) is 10.1. The van der Waals surface area contributed by atoms with Crippen molar-refractivity contribution in [1.29, 1.82) is 0 Å². The zero-order valence-corrected chi connectivity index (χ0v) is 16.2. The monoisotopic (exact) mass is 394 g/mol. The van der Waals surface area contributed by atoms with Crippen LogP contribution in [-0.2, 0) is 0 Å². The Morgan fingerprint density at radius 1 is 0.800 bits per heavy atom. The average molecular weight is 394 g/mol. The zero-order valence-electron chi connectivity index (χ0n) is 16.2. The summed E-state index contributed by atoms with van der Waals surface area (Å²) in [5, 5.41) is 9.25. The van der Waals surface area contributed by atoms with Crippen molar-refractivity contribution in [1.82, 2.24) is 5.01 Å². The fraction of sp³-hybridized carbons (Fsp3) is 0.115. The molecule has 0 amide bonds. The van der Waals surface area contributed by atoms with Crippen LogP contribution in [0.3, 0.4) is 0 Å². The van der Waals surface area contributed by atoms with Crippen LogP contribution >= 0.6 is 0 Å². The fourth-order valence-electron chi connectivity index (χ4n) is 4.46. The Labute approximate surface area is 174 Å². The Morgan fingerprint density at radius 3 is 2.40 bits per heavy atom. The van der Waals surface area contributed by atoms with Gasteiger partial charge < -0.3 is 4.74 Å². The molecule has 3 nitrogen and oxygen atoms in total. The van der Waals surface area contributed by atoms with Gasteiger partial charge in [0.1, 0.15) is 11.6 Å². The van der Waals surface area contributed by atoms with Crippen molar-refractivity contribution in [2.24, 2.45) is 5.10 Å². The lowest BCUT2D eigenvalue weighted by molar-refractivity contribution is -0.0212. The van der Waals surface area contributed by atoms with Crippen molar-refractivity contribution in [3.05, 3.63) is 114 Å². The number of benzene rings is 4. The number of fused-ring (bicyclic) bond motifs is 4. The molecule has 146 valence electrons. The van der Waals surface area contributed by atoms with E-state index in [1.165, 1.54) is 16.8 Å². The molecule has 0 radical (unpaired) electrons. The first-order chi connectivity index (χ1) is 14.8. The van der Waals surface area contributed by atoms with Gasteiger partial charge in [0, 0.05) is 12.0 Å². The van der Waals surface area contributed by atoms with E-state index in [2.05, 4.69) is 36.4 Å². The molecule has 4 aromatic rings. The molecule has 0 fully saturated rings. The first-order valence-electron chi connectivity index (χ1n) is 10.1. The van der Waals surface area contributed by atoms with Crippen LogP contribution in [0.2, 0.25) is 0 Å². The van der Waals surface area contributed by atoms with Crippen LogP contribution in [0.4, 0.5) is 4.39 Å². The van der Waals surface area contributed by atoms with Gasteiger partial charge in [-0.15, -0.1) is 0 Å². The topological polar surface area (TPSA) is 24.8 Å². The number of para-hydroxylation sites is 1. The lowest BCUT2D eigenvalue weighted by Crippen LogP contribution is -2.34. The zero-order chi connectivity index (χ0) is 20.1. The van der Waals surface area contributed by atoms with Gasteiger partial charge in [-0.25, -0.2) is 9.40 Å². The van der Waals surface area contributed by atoms with Gasteiger partial charge in [-0.3, -0.25) is 0 Å². The van der Waals surface area contributed by atoms with Crippen molar-refractivity contribution in [2.75, 3.05) is 0 Å². The van der Waals surface area contributed by atoms with Crippen LogP contribution in [-0.4, -0.2) is 10.7 Å². The van der Waals surface area contributed by atoms with Gasteiger partial charge in [0.2, 0.25) is 6.23 Å². The van der Waals surface area contributed by atoms with Crippen molar-refractivity contribution in [3.8, 4) is 5.75 Å². The van der Waals surface area contributed by atoms with Crippen LogP contribution in [0.15, 0.2) is 96.1 Å². The van der Waals surface area contributed by atoms with Gasteiger partial charge in [0.05, 0.1) is 17.3 Å². The first kappa shape index (κ1) is 17.2. The summed E-state index contributed by atoms with van der Waals surface area (Å²) in [6.07, 6.45) is 0.160. The lowest BCUT2D eigenvalue weighted by atomic mass is 9.95. The molecule has 0 N–H and O–H groups in total. The maximum Gasteiger partial charge on any atom is 0.216 e. The van der Waals surface area contributed by atoms with Crippen LogP contribution in [0.1, 0.15) is 35.4 Å². The van der Waals surface area contributed by atoms with Gasteiger partial charge in [-0.2, -0.15) is 5.10 Å². The SMILES string of the molecule is Fc1ccccc1C1Oc2ccccc2C2CC(c3ccc4ccccc4c3)=NN21. The highest BCUT2D eigenvalue weighted by atomic mass is 19.1. The summed E-state index contributed by atoms with van der Waals surface area (Å²) in [6, 6.07) is 29.5. The Morgan fingerprint density at radius 2 is 1.53 bits per heavy atom. The molecule has 6 rings (SSSR count). The van der Waals surface area contributed by atoms with Crippen LogP contribution < -0.4 is 4.74 Å². The van der Waals surface area contributed by atoms with Gasteiger partial charge in [-0.1, -0.05) is 72.8 Å². The predicted octanol–water partition coefficient (Wildman–Crippen LogP) is 6.22. The van der Waals surface area contributed by atoms with E-state index in [-0.39, 0.29) is 11.9 Å². The Kier molecular flexibility index (Phi) is 3.85. The summed E-state index contributed by atoms with van der Waals surface area (Å²) in [6.45, 7) is 0. The van der Waals surface area contributed by atoms with E-state index >= 15 is 0 Å². The Bertz CT molecular complexity index is 1300. The molecule has 0 spiro atoms. The Balaban J connectivity index is 1.47. The molecule has 0 aliphatic carbocycles. The van der Waals surface area contributed by atoms with E-state index in [0.717, 1.165) is 29.0 Å². The second kappa shape index (κ2) is 6.70. The largest absolute Gasteiger partial charge is 0.464 e. The molecule has 0 saturated heterocycles. The van der Waals surface area contributed by atoms with Crippen molar-refractivity contribution in [2.45, 2.75) is 18.7 Å². The second-order valence-corrected chi connectivity index (χ2v) is 7.74. The number of hydrogen-bond donors (Lipinski definition) is 0. The highest BCUT2D eigenvalue weighted by Gasteiger charge is 2.41. The average Bonchev–Trinajstić information content (AvgIpc) is 3.24. The van der Waals surface area contributed by atoms with Gasteiger partial charge in [0.25, 0.3) is 0 Å². The van der Waals surface area contributed by atoms with Gasteiger partial charge in [0.15, 0.2) is 0 Å². The number of hydrogen-bond acceptors (Lipinski definition) is 3. The smallest absolute Gasteiger partial charge is 0.216 e. The van der Waals surface area contributed by atoms with Crippen molar-refractivity contribution >= 4 is 16.5 Å². The second-order valence-electron chi connectivity index (χ2n) is 7.74. The lowest BCUT2D eigenvalue weighted by Gasteiger charge is -2.38.